The SMILES string of the molecule is CC[C@H](Oc1ccc(C(C)(C)C)cc1)C(=O)NCc1nc(-c2cccc(OC)c2)no1. The number of hydrogen-bond donors (Lipinski definition) is 1. The van der Waals surface area contributed by atoms with Crippen molar-refractivity contribution < 1.29 is 18.8 Å². The fourth-order valence-electron chi connectivity index (χ4n) is 3.00. The lowest BCUT2D eigenvalue weighted by Crippen LogP contribution is -2.37. The van der Waals surface area contributed by atoms with Crippen LogP contribution in [0.4, 0.5) is 0 Å². The lowest BCUT2D eigenvalue weighted by molar-refractivity contribution is -0.128. The summed E-state index contributed by atoms with van der Waals surface area (Å²) in [5.41, 5.74) is 2.04. The maximum atomic E-state index is 12.6. The first kappa shape index (κ1) is 22.3. The second kappa shape index (κ2) is 9.64. The summed E-state index contributed by atoms with van der Waals surface area (Å²) in [6.07, 6.45) is -0.0765. The minimum absolute atomic E-state index is 0.0634. The first-order valence-corrected chi connectivity index (χ1v) is 10.3. The lowest BCUT2D eigenvalue weighted by Gasteiger charge is -2.20. The third-order valence-corrected chi connectivity index (χ3v) is 4.87. The Kier molecular flexibility index (Phi) is 6.95. The monoisotopic (exact) mass is 423 g/mol. The number of rotatable bonds is 8. The van der Waals surface area contributed by atoms with Crippen LogP contribution in [0.1, 0.15) is 45.6 Å². The van der Waals surface area contributed by atoms with E-state index in [4.69, 9.17) is 14.0 Å². The van der Waals surface area contributed by atoms with Crippen molar-refractivity contribution in [2.75, 3.05) is 7.11 Å². The molecule has 7 nitrogen and oxygen atoms in total. The number of ether oxygens (including phenoxy) is 2. The smallest absolute Gasteiger partial charge is 0.261 e. The summed E-state index contributed by atoms with van der Waals surface area (Å²) < 4.78 is 16.4. The number of carbonyl (C=O) groups is 1. The van der Waals surface area contributed by atoms with Crippen LogP contribution in [0.2, 0.25) is 0 Å². The van der Waals surface area contributed by atoms with Crippen molar-refractivity contribution in [3.8, 4) is 22.9 Å². The molecule has 7 heteroatoms. The largest absolute Gasteiger partial charge is 0.497 e. The normalized spacial score (nSPS) is 12.3. The van der Waals surface area contributed by atoms with Crippen molar-refractivity contribution >= 4 is 5.91 Å². The van der Waals surface area contributed by atoms with Crippen LogP contribution in [0, 0.1) is 0 Å². The predicted octanol–water partition coefficient (Wildman–Crippen LogP) is 4.52. The third kappa shape index (κ3) is 5.84. The van der Waals surface area contributed by atoms with E-state index < -0.39 is 6.10 Å². The van der Waals surface area contributed by atoms with Crippen molar-refractivity contribution in [3.63, 3.8) is 0 Å². The summed E-state index contributed by atoms with van der Waals surface area (Å²) in [6, 6.07) is 15.2. The van der Waals surface area contributed by atoms with Gasteiger partial charge in [0, 0.05) is 5.56 Å². The summed E-state index contributed by atoms with van der Waals surface area (Å²) in [7, 11) is 1.60. The van der Waals surface area contributed by atoms with Crippen molar-refractivity contribution in [1.29, 1.82) is 0 Å². The van der Waals surface area contributed by atoms with Gasteiger partial charge in [-0.2, -0.15) is 4.98 Å². The molecule has 3 aromatic rings. The van der Waals surface area contributed by atoms with Gasteiger partial charge in [0.05, 0.1) is 13.7 Å². The molecule has 0 spiro atoms. The van der Waals surface area contributed by atoms with Gasteiger partial charge in [-0.15, -0.1) is 0 Å². The fraction of sp³-hybridized carbons (Fsp3) is 0.375. The Bertz CT molecular complexity index is 1010. The molecule has 1 atom stereocenters. The van der Waals surface area contributed by atoms with Gasteiger partial charge in [0.25, 0.3) is 5.91 Å². The van der Waals surface area contributed by atoms with Gasteiger partial charge in [0.15, 0.2) is 6.10 Å². The van der Waals surface area contributed by atoms with Crippen LogP contribution in [0.25, 0.3) is 11.4 Å². The summed E-state index contributed by atoms with van der Waals surface area (Å²) in [4.78, 5) is 16.9. The molecule has 3 rings (SSSR count). The number of hydrogen-bond acceptors (Lipinski definition) is 6. The van der Waals surface area contributed by atoms with Crippen LogP contribution in [-0.4, -0.2) is 29.3 Å². The minimum Gasteiger partial charge on any atom is -0.497 e. The van der Waals surface area contributed by atoms with E-state index in [1.807, 2.05) is 55.5 Å². The minimum atomic E-state index is -0.610. The molecule has 0 saturated heterocycles. The van der Waals surface area contributed by atoms with Gasteiger partial charge >= 0.3 is 0 Å². The van der Waals surface area contributed by atoms with Crippen LogP contribution in [0.5, 0.6) is 11.5 Å². The highest BCUT2D eigenvalue weighted by molar-refractivity contribution is 5.81. The molecule has 0 saturated carbocycles. The summed E-state index contributed by atoms with van der Waals surface area (Å²) in [5, 5.41) is 6.78. The van der Waals surface area contributed by atoms with E-state index in [-0.39, 0.29) is 17.9 Å². The Morgan fingerprint density at radius 1 is 1.13 bits per heavy atom. The molecule has 1 N–H and O–H groups in total. The van der Waals surface area contributed by atoms with E-state index in [1.165, 1.54) is 5.56 Å². The molecule has 2 aromatic carbocycles. The average Bonchev–Trinajstić information content (AvgIpc) is 3.24. The molecule has 0 radical (unpaired) electrons. The van der Waals surface area contributed by atoms with Gasteiger partial charge in [0.2, 0.25) is 11.7 Å². The van der Waals surface area contributed by atoms with E-state index in [2.05, 4.69) is 36.2 Å². The average molecular weight is 424 g/mol. The van der Waals surface area contributed by atoms with Crippen molar-refractivity contribution in [1.82, 2.24) is 15.5 Å². The summed E-state index contributed by atoms with van der Waals surface area (Å²) >= 11 is 0. The molecule has 1 amide bonds. The predicted molar refractivity (Wildman–Crippen MR) is 118 cm³/mol. The summed E-state index contributed by atoms with van der Waals surface area (Å²) in [6.45, 7) is 8.49. The molecule has 1 heterocycles. The van der Waals surface area contributed by atoms with Crippen molar-refractivity contribution in [2.45, 2.75) is 52.2 Å². The fourth-order valence-corrected chi connectivity index (χ4v) is 3.00. The van der Waals surface area contributed by atoms with E-state index >= 15 is 0 Å². The molecule has 0 aliphatic rings. The van der Waals surface area contributed by atoms with E-state index in [9.17, 15) is 4.79 Å². The lowest BCUT2D eigenvalue weighted by atomic mass is 9.87. The van der Waals surface area contributed by atoms with Gasteiger partial charge in [-0.25, -0.2) is 0 Å². The molecule has 0 bridgehead atoms. The second-order valence-corrected chi connectivity index (χ2v) is 8.25. The van der Waals surface area contributed by atoms with Crippen molar-refractivity contribution in [2.24, 2.45) is 0 Å². The molecule has 1 aromatic heterocycles. The van der Waals surface area contributed by atoms with Crippen LogP contribution in [0.15, 0.2) is 53.1 Å². The third-order valence-electron chi connectivity index (χ3n) is 4.87. The number of benzene rings is 2. The molecule has 0 fully saturated rings. The highest BCUT2D eigenvalue weighted by Crippen LogP contribution is 2.25. The number of aromatic nitrogens is 2. The first-order chi connectivity index (χ1) is 14.8. The number of nitrogens with one attached hydrogen (secondary N) is 1. The zero-order valence-electron chi connectivity index (χ0n) is 18.6. The van der Waals surface area contributed by atoms with Gasteiger partial charge in [0.1, 0.15) is 11.5 Å². The van der Waals surface area contributed by atoms with Gasteiger partial charge < -0.3 is 19.3 Å². The van der Waals surface area contributed by atoms with Crippen LogP contribution < -0.4 is 14.8 Å². The van der Waals surface area contributed by atoms with Gasteiger partial charge in [-0.05, 0) is 41.7 Å². The Balaban J connectivity index is 1.58. The molecule has 0 aliphatic carbocycles. The van der Waals surface area contributed by atoms with E-state index in [0.717, 1.165) is 5.56 Å². The Morgan fingerprint density at radius 3 is 2.52 bits per heavy atom. The maximum absolute atomic E-state index is 12.6. The highest BCUT2D eigenvalue weighted by atomic mass is 16.5. The van der Waals surface area contributed by atoms with Crippen LogP contribution in [-0.2, 0) is 16.8 Å². The molecular formula is C24H29N3O4. The van der Waals surface area contributed by atoms with E-state index in [0.29, 0.717) is 29.6 Å². The second-order valence-electron chi connectivity index (χ2n) is 8.25. The molecule has 0 aliphatic heterocycles. The Hall–Kier alpha value is -3.35. The molecule has 31 heavy (non-hydrogen) atoms. The number of nitrogens with zero attached hydrogens (tertiary/aromatic N) is 2. The van der Waals surface area contributed by atoms with Gasteiger partial charge in [-0.3, -0.25) is 4.79 Å². The number of carbonyl (C=O) groups excluding carboxylic acids is 1. The quantitative estimate of drug-likeness (QED) is 0.573. The first-order valence-electron chi connectivity index (χ1n) is 10.3. The van der Waals surface area contributed by atoms with Crippen molar-refractivity contribution in [3.05, 3.63) is 60.0 Å². The number of amides is 1. The molecule has 164 valence electrons. The molecular weight excluding hydrogens is 394 g/mol. The van der Waals surface area contributed by atoms with Crippen LogP contribution in [0.3, 0.4) is 0 Å². The standard InChI is InChI=1S/C24H29N3O4/c1-6-20(30-18-12-10-17(11-13-18)24(2,3)4)23(28)25-15-21-26-22(27-31-21)16-8-7-9-19(14-16)29-5/h7-14,20H,6,15H2,1-5H3,(H,25,28)/t20-/m0/s1. The maximum Gasteiger partial charge on any atom is 0.261 e. The zero-order chi connectivity index (χ0) is 22.4. The Labute approximate surface area is 182 Å². The number of methoxy groups -OCH3 is 1. The summed E-state index contributed by atoms with van der Waals surface area (Å²) in [5.74, 6) is 1.88. The zero-order valence-corrected chi connectivity index (χ0v) is 18.6. The Morgan fingerprint density at radius 2 is 1.87 bits per heavy atom. The molecule has 0 unspecified atom stereocenters. The topological polar surface area (TPSA) is 86.5 Å². The van der Waals surface area contributed by atoms with E-state index in [1.54, 1.807) is 7.11 Å². The highest BCUT2D eigenvalue weighted by Gasteiger charge is 2.20. The van der Waals surface area contributed by atoms with Gasteiger partial charge in [-0.1, -0.05) is 57.1 Å². The van der Waals surface area contributed by atoms with Crippen LogP contribution >= 0.6 is 0 Å².